The maximum absolute atomic E-state index is 13.5. The topological polar surface area (TPSA) is 68.2 Å². The van der Waals surface area contributed by atoms with E-state index < -0.39 is 11.7 Å². The number of guanidine groups is 1. The first-order valence-electron chi connectivity index (χ1n) is 8.19. The summed E-state index contributed by atoms with van der Waals surface area (Å²) in [5.74, 6) is 0.105. The molecule has 0 bridgehead atoms. The monoisotopic (exact) mass is 367 g/mol. The minimum atomic E-state index is -4.50. The molecule has 0 aliphatic rings. The van der Waals surface area contributed by atoms with E-state index in [-0.39, 0.29) is 23.6 Å². The largest absolute Gasteiger partial charge is 0.416 e. The van der Waals surface area contributed by atoms with Crippen LogP contribution in [0.2, 0.25) is 0 Å². The van der Waals surface area contributed by atoms with Crippen molar-refractivity contribution < 1.29 is 13.2 Å². The van der Waals surface area contributed by atoms with Gasteiger partial charge >= 0.3 is 6.18 Å². The number of hydrogen-bond donors (Lipinski definition) is 2. The van der Waals surface area contributed by atoms with Crippen LogP contribution >= 0.6 is 0 Å². The van der Waals surface area contributed by atoms with Crippen molar-refractivity contribution in [2.75, 3.05) is 0 Å². The number of aromatic nitrogens is 2. The lowest BCUT2D eigenvalue weighted by atomic mass is 10.1. The van der Waals surface area contributed by atoms with Crippen molar-refractivity contribution in [2.24, 2.45) is 10.7 Å². The number of halogens is 3. The van der Waals surface area contributed by atoms with Gasteiger partial charge in [0.05, 0.1) is 23.5 Å². The highest BCUT2D eigenvalue weighted by Crippen LogP contribution is 2.34. The molecule has 2 aromatic rings. The summed E-state index contributed by atoms with van der Waals surface area (Å²) in [7, 11) is 0. The molecule has 0 fully saturated rings. The van der Waals surface area contributed by atoms with Crippen molar-refractivity contribution in [1.82, 2.24) is 15.1 Å². The van der Waals surface area contributed by atoms with Crippen LogP contribution in [0, 0.1) is 13.8 Å². The van der Waals surface area contributed by atoms with Crippen LogP contribution in [0.15, 0.2) is 29.3 Å². The van der Waals surface area contributed by atoms with Crippen molar-refractivity contribution in [3.63, 3.8) is 0 Å². The zero-order valence-corrected chi connectivity index (χ0v) is 15.6. The van der Waals surface area contributed by atoms with E-state index in [2.05, 4.69) is 15.4 Å². The fourth-order valence-corrected chi connectivity index (χ4v) is 2.58. The molecule has 0 unspecified atom stereocenters. The molecule has 8 heteroatoms. The Labute approximate surface area is 151 Å². The number of nitrogens with zero attached hydrogens (tertiary/aromatic N) is 3. The Morgan fingerprint density at radius 2 is 1.85 bits per heavy atom. The third kappa shape index (κ3) is 5.00. The highest BCUT2D eigenvalue weighted by molar-refractivity contribution is 5.78. The molecule has 0 aliphatic heterocycles. The van der Waals surface area contributed by atoms with Gasteiger partial charge in [0, 0.05) is 11.2 Å². The highest BCUT2D eigenvalue weighted by atomic mass is 19.4. The van der Waals surface area contributed by atoms with E-state index in [1.54, 1.807) is 19.9 Å². The Morgan fingerprint density at radius 1 is 1.19 bits per heavy atom. The maximum atomic E-state index is 13.5. The van der Waals surface area contributed by atoms with Crippen LogP contribution in [-0.4, -0.2) is 21.3 Å². The van der Waals surface area contributed by atoms with E-state index in [4.69, 9.17) is 5.73 Å². The molecule has 0 aliphatic carbocycles. The average Bonchev–Trinajstić information content (AvgIpc) is 2.81. The Morgan fingerprint density at radius 3 is 2.35 bits per heavy atom. The molecule has 1 aromatic carbocycles. The Kier molecular flexibility index (Phi) is 5.34. The van der Waals surface area contributed by atoms with E-state index in [1.807, 2.05) is 26.8 Å². The summed E-state index contributed by atoms with van der Waals surface area (Å²) in [6.45, 7) is 9.09. The summed E-state index contributed by atoms with van der Waals surface area (Å²) < 4.78 is 42.1. The average molecular weight is 367 g/mol. The summed E-state index contributed by atoms with van der Waals surface area (Å²) in [5, 5.41) is 7.17. The Hall–Kier alpha value is -2.51. The van der Waals surface area contributed by atoms with E-state index in [1.165, 1.54) is 10.7 Å². The van der Waals surface area contributed by atoms with Crippen LogP contribution in [-0.2, 0) is 12.7 Å². The minimum absolute atomic E-state index is 0.0569. The summed E-state index contributed by atoms with van der Waals surface area (Å²) in [5.41, 5.74) is 6.61. The van der Waals surface area contributed by atoms with Gasteiger partial charge < -0.3 is 11.1 Å². The second-order valence-electron chi connectivity index (χ2n) is 7.25. The molecule has 1 heterocycles. The van der Waals surface area contributed by atoms with Gasteiger partial charge in [-0.2, -0.15) is 18.3 Å². The van der Waals surface area contributed by atoms with Crippen LogP contribution < -0.4 is 11.1 Å². The van der Waals surface area contributed by atoms with Crippen molar-refractivity contribution in [2.45, 2.75) is 52.9 Å². The van der Waals surface area contributed by atoms with Gasteiger partial charge in [-0.15, -0.1) is 0 Å². The molecule has 2 rings (SSSR count). The molecular weight excluding hydrogens is 343 g/mol. The molecule has 0 spiro atoms. The zero-order chi connectivity index (χ0) is 19.7. The predicted molar refractivity (Wildman–Crippen MR) is 96.3 cm³/mol. The standard InChI is InChI=1S/C18H24F3N5/c1-11-8-12(2)26(25-11)14-7-6-13(15(9-14)18(19,20)21)10-23-16(22)24-17(3,4)5/h6-9H,10H2,1-5H3,(H3,22,23,24). The second-order valence-corrected chi connectivity index (χ2v) is 7.25. The zero-order valence-electron chi connectivity index (χ0n) is 15.6. The number of alkyl halides is 3. The van der Waals surface area contributed by atoms with E-state index in [0.29, 0.717) is 5.69 Å². The molecule has 5 nitrogen and oxygen atoms in total. The number of rotatable bonds is 3. The highest BCUT2D eigenvalue weighted by Gasteiger charge is 2.33. The number of hydrogen-bond acceptors (Lipinski definition) is 2. The molecule has 0 amide bonds. The smallest absolute Gasteiger partial charge is 0.370 e. The van der Waals surface area contributed by atoms with Crippen LogP contribution in [0.1, 0.15) is 43.3 Å². The first kappa shape index (κ1) is 19.8. The van der Waals surface area contributed by atoms with E-state index in [9.17, 15) is 13.2 Å². The maximum Gasteiger partial charge on any atom is 0.416 e. The lowest BCUT2D eigenvalue weighted by Gasteiger charge is -2.21. The van der Waals surface area contributed by atoms with Gasteiger partial charge in [0.15, 0.2) is 5.96 Å². The molecular formula is C18H24F3N5. The molecule has 0 saturated carbocycles. The Bertz CT molecular complexity index is 813. The van der Waals surface area contributed by atoms with Gasteiger partial charge in [-0.3, -0.25) is 0 Å². The van der Waals surface area contributed by atoms with Crippen LogP contribution in [0.3, 0.4) is 0 Å². The van der Waals surface area contributed by atoms with Gasteiger partial charge in [0.2, 0.25) is 0 Å². The fraction of sp³-hybridized carbons (Fsp3) is 0.444. The summed E-state index contributed by atoms with van der Waals surface area (Å²) >= 11 is 0. The third-order valence-electron chi connectivity index (χ3n) is 3.58. The summed E-state index contributed by atoms with van der Waals surface area (Å²) in [4.78, 5) is 4.04. The molecule has 142 valence electrons. The van der Waals surface area contributed by atoms with Gasteiger partial charge in [0.1, 0.15) is 0 Å². The van der Waals surface area contributed by atoms with Crippen LogP contribution in [0.25, 0.3) is 5.69 Å². The van der Waals surface area contributed by atoms with Gasteiger partial charge in [-0.25, -0.2) is 9.67 Å². The van der Waals surface area contributed by atoms with Gasteiger partial charge in [0.25, 0.3) is 0 Å². The predicted octanol–water partition coefficient (Wildman–Crippen LogP) is 3.71. The minimum Gasteiger partial charge on any atom is -0.370 e. The first-order chi connectivity index (χ1) is 11.9. The van der Waals surface area contributed by atoms with Gasteiger partial charge in [-0.1, -0.05) is 6.07 Å². The summed E-state index contributed by atoms with van der Waals surface area (Å²) in [6.07, 6.45) is -4.50. The summed E-state index contributed by atoms with van der Waals surface area (Å²) in [6, 6.07) is 5.93. The number of nitrogens with two attached hydrogens (primary N) is 1. The molecule has 3 N–H and O–H groups in total. The van der Waals surface area contributed by atoms with Crippen molar-refractivity contribution in [1.29, 1.82) is 0 Å². The van der Waals surface area contributed by atoms with Crippen LogP contribution in [0.5, 0.6) is 0 Å². The van der Waals surface area contributed by atoms with E-state index in [0.717, 1.165) is 17.5 Å². The SMILES string of the molecule is Cc1cc(C)n(-c2ccc(CN=C(N)NC(C)(C)C)c(C(F)(F)F)c2)n1. The van der Waals surface area contributed by atoms with Crippen molar-refractivity contribution in [3.8, 4) is 5.69 Å². The number of benzene rings is 1. The number of aryl methyl sites for hydroxylation is 2. The number of nitrogens with one attached hydrogen (secondary N) is 1. The van der Waals surface area contributed by atoms with Gasteiger partial charge in [-0.05, 0) is 58.4 Å². The number of aliphatic imine (C=N–C) groups is 1. The second kappa shape index (κ2) is 7.01. The molecule has 26 heavy (non-hydrogen) atoms. The molecule has 0 atom stereocenters. The first-order valence-corrected chi connectivity index (χ1v) is 8.19. The van der Waals surface area contributed by atoms with E-state index >= 15 is 0 Å². The molecule has 0 saturated heterocycles. The normalized spacial score (nSPS) is 13.2. The quantitative estimate of drug-likeness (QED) is 0.642. The lowest BCUT2D eigenvalue weighted by molar-refractivity contribution is -0.138. The molecule has 0 radical (unpaired) electrons. The van der Waals surface area contributed by atoms with Crippen LogP contribution in [0.4, 0.5) is 13.2 Å². The fourth-order valence-electron chi connectivity index (χ4n) is 2.58. The third-order valence-corrected chi connectivity index (χ3v) is 3.58. The van der Waals surface area contributed by atoms with Crippen molar-refractivity contribution in [3.05, 3.63) is 46.8 Å². The lowest BCUT2D eigenvalue weighted by Crippen LogP contribution is -2.45. The Balaban J connectivity index is 2.38. The molecule has 1 aromatic heterocycles. The van der Waals surface area contributed by atoms with Crippen molar-refractivity contribution >= 4 is 5.96 Å².